The van der Waals surface area contributed by atoms with Crippen LogP contribution in [0.25, 0.3) is 0 Å². The third kappa shape index (κ3) is 2.45. The first-order valence-corrected chi connectivity index (χ1v) is 3.97. The van der Waals surface area contributed by atoms with Crippen LogP contribution < -0.4 is 5.73 Å². The molecule has 1 rings (SSSR count). The Kier molecular flexibility index (Phi) is 3.10. The smallest absolute Gasteiger partial charge is 0.264 e. The van der Waals surface area contributed by atoms with Crippen LogP contribution in [0.15, 0.2) is 18.2 Å². The van der Waals surface area contributed by atoms with Gasteiger partial charge in [-0.2, -0.15) is 0 Å². The SMILES string of the molecule is NCC(F)(F)Cc1cccc(F)c1F. The van der Waals surface area contributed by atoms with E-state index in [1.165, 1.54) is 6.07 Å². The van der Waals surface area contributed by atoms with Gasteiger partial charge in [0.1, 0.15) is 0 Å². The summed E-state index contributed by atoms with van der Waals surface area (Å²) in [6.45, 7) is -0.886. The minimum atomic E-state index is -3.20. The Bertz CT molecular complexity index is 325. The molecule has 5 heteroatoms. The lowest BCUT2D eigenvalue weighted by molar-refractivity contribution is 0.0106. The lowest BCUT2D eigenvalue weighted by atomic mass is 10.1. The molecule has 0 aliphatic carbocycles. The summed E-state index contributed by atoms with van der Waals surface area (Å²) in [6, 6.07) is 3.17. The van der Waals surface area contributed by atoms with Crippen LogP contribution in [0.3, 0.4) is 0 Å². The van der Waals surface area contributed by atoms with E-state index in [2.05, 4.69) is 0 Å². The summed E-state index contributed by atoms with van der Waals surface area (Å²) in [4.78, 5) is 0. The summed E-state index contributed by atoms with van der Waals surface area (Å²) in [6.07, 6.45) is -0.882. The average Bonchev–Trinajstić information content (AvgIpc) is 2.13. The van der Waals surface area contributed by atoms with Crippen molar-refractivity contribution in [1.29, 1.82) is 0 Å². The van der Waals surface area contributed by atoms with Gasteiger partial charge in [0.2, 0.25) is 0 Å². The standard InChI is InChI=1S/C9H9F4N/c10-7-3-1-2-6(8(7)11)4-9(12,13)5-14/h1-3H,4-5,14H2. The molecule has 0 atom stereocenters. The molecule has 1 nitrogen and oxygen atoms in total. The van der Waals surface area contributed by atoms with E-state index in [-0.39, 0.29) is 5.56 Å². The van der Waals surface area contributed by atoms with Gasteiger partial charge in [0.05, 0.1) is 6.54 Å². The molecule has 0 bridgehead atoms. The van der Waals surface area contributed by atoms with Gasteiger partial charge in [-0.3, -0.25) is 0 Å². The maximum Gasteiger partial charge on any atom is 0.264 e. The highest BCUT2D eigenvalue weighted by molar-refractivity contribution is 5.20. The van der Waals surface area contributed by atoms with Gasteiger partial charge in [0, 0.05) is 6.42 Å². The minimum absolute atomic E-state index is 0.361. The largest absolute Gasteiger partial charge is 0.325 e. The zero-order valence-electron chi connectivity index (χ0n) is 7.24. The molecule has 0 fully saturated rings. The molecule has 1 aromatic rings. The molecular formula is C9H9F4N. The predicted octanol–water partition coefficient (Wildman–Crippen LogP) is 2.10. The second-order valence-electron chi connectivity index (χ2n) is 2.95. The number of hydrogen-bond donors (Lipinski definition) is 1. The molecule has 1 aromatic carbocycles. The van der Waals surface area contributed by atoms with E-state index in [0.717, 1.165) is 12.1 Å². The molecule has 0 aliphatic heterocycles. The maximum atomic E-state index is 12.9. The Morgan fingerprint density at radius 1 is 1.21 bits per heavy atom. The van der Waals surface area contributed by atoms with Crippen molar-refractivity contribution in [3.05, 3.63) is 35.4 Å². The van der Waals surface area contributed by atoms with Gasteiger partial charge in [-0.1, -0.05) is 12.1 Å². The maximum absolute atomic E-state index is 12.9. The van der Waals surface area contributed by atoms with Crippen molar-refractivity contribution < 1.29 is 17.6 Å². The summed E-state index contributed by atoms with van der Waals surface area (Å²) in [5, 5.41) is 0. The number of nitrogens with two attached hydrogens (primary N) is 1. The monoisotopic (exact) mass is 207 g/mol. The molecule has 0 saturated heterocycles. The fourth-order valence-electron chi connectivity index (χ4n) is 1.04. The Balaban J connectivity index is 2.92. The minimum Gasteiger partial charge on any atom is -0.325 e. The van der Waals surface area contributed by atoms with Crippen LogP contribution in [0, 0.1) is 11.6 Å². The molecule has 78 valence electrons. The number of halogens is 4. The number of rotatable bonds is 3. The molecule has 0 saturated carbocycles. The van der Waals surface area contributed by atoms with Gasteiger partial charge < -0.3 is 5.73 Å². The van der Waals surface area contributed by atoms with Gasteiger partial charge in [0.25, 0.3) is 5.92 Å². The zero-order chi connectivity index (χ0) is 10.8. The summed E-state index contributed by atoms with van der Waals surface area (Å²) < 4.78 is 51.0. The van der Waals surface area contributed by atoms with Crippen molar-refractivity contribution in [3.63, 3.8) is 0 Å². The lowest BCUT2D eigenvalue weighted by Gasteiger charge is -2.13. The Morgan fingerprint density at radius 3 is 2.43 bits per heavy atom. The molecule has 0 radical (unpaired) electrons. The molecule has 2 N–H and O–H groups in total. The van der Waals surface area contributed by atoms with Gasteiger partial charge >= 0.3 is 0 Å². The Hall–Kier alpha value is -1.10. The van der Waals surface area contributed by atoms with E-state index in [9.17, 15) is 17.6 Å². The van der Waals surface area contributed by atoms with E-state index in [4.69, 9.17) is 5.73 Å². The summed E-state index contributed by atoms with van der Waals surface area (Å²) >= 11 is 0. The first-order chi connectivity index (χ1) is 6.46. The van der Waals surface area contributed by atoms with Gasteiger partial charge in [0.15, 0.2) is 11.6 Å². The number of benzene rings is 1. The number of hydrogen-bond acceptors (Lipinski definition) is 1. The van der Waals surface area contributed by atoms with Crippen LogP contribution in [-0.2, 0) is 6.42 Å². The molecule has 0 spiro atoms. The molecule has 0 aromatic heterocycles. The van der Waals surface area contributed by atoms with Crippen molar-refractivity contribution in [1.82, 2.24) is 0 Å². The zero-order valence-corrected chi connectivity index (χ0v) is 7.24. The van der Waals surface area contributed by atoms with Crippen LogP contribution >= 0.6 is 0 Å². The van der Waals surface area contributed by atoms with Gasteiger partial charge in [-0.15, -0.1) is 0 Å². The Morgan fingerprint density at radius 2 is 1.86 bits per heavy atom. The molecule has 0 heterocycles. The topological polar surface area (TPSA) is 26.0 Å². The molecule has 0 unspecified atom stereocenters. The van der Waals surface area contributed by atoms with Crippen molar-refractivity contribution in [2.75, 3.05) is 6.54 Å². The van der Waals surface area contributed by atoms with Crippen molar-refractivity contribution >= 4 is 0 Å². The van der Waals surface area contributed by atoms with Crippen LogP contribution in [0.4, 0.5) is 17.6 Å². The molecule has 0 amide bonds. The predicted molar refractivity (Wildman–Crippen MR) is 44.1 cm³/mol. The summed E-state index contributed by atoms with van der Waals surface area (Å²) in [5.74, 6) is -5.56. The molecule has 0 aliphatic rings. The fourth-order valence-corrected chi connectivity index (χ4v) is 1.04. The van der Waals surface area contributed by atoms with Crippen LogP contribution in [-0.4, -0.2) is 12.5 Å². The third-order valence-corrected chi connectivity index (χ3v) is 1.78. The van der Waals surface area contributed by atoms with Crippen molar-refractivity contribution in [2.45, 2.75) is 12.3 Å². The fraction of sp³-hybridized carbons (Fsp3) is 0.333. The normalized spacial score (nSPS) is 11.8. The third-order valence-electron chi connectivity index (χ3n) is 1.78. The van der Waals surface area contributed by atoms with Crippen molar-refractivity contribution in [3.8, 4) is 0 Å². The quantitative estimate of drug-likeness (QED) is 0.754. The van der Waals surface area contributed by atoms with Crippen LogP contribution in [0.1, 0.15) is 5.56 Å². The van der Waals surface area contributed by atoms with Gasteiger partial charge in [-0.25, -0.2) is 17.6 Å². The summed E-state index contributed by atoms with van der Waals surface area (Å²) in [7, 11) is 0. The second kappa shape index (κ2) is 3.96. The average molecular weight is 207 g/mol. The van der Waals surface area contributed by atoms with Crippen molar-refractivity contribution in [2.24, 2.45) is 5.73 Å². The van der Waals surface area contributed by atoms with E-state index in [1.807, 2.05) is 0 Å². The first-order valence-electron chi connectivity index (χ1n) is 3.97. The molecular weight excluding hydrogens is 198 g/mol. The highest BCUT2D eigenvalue weighted by Crippen LogP contribution is 2.21. The highest BCUT2D eigenvalue weighted by Gasteiger charge is 2.28. The Labute approximate surface area is 78.5 Å². The van der Waals surface area contributed by atoms with Crippen LogP contribution in [0.5, 0.6) is 0 Å². The van der Waals surface area contributed by atoms with Crippen LogP contribution in [0.2, 0.25) is 0 Å². The van der Waals surface area contributed by atoms with E-state index >= 15 is 0 Å². The van der Waals surface area contributed by atoms with E-state index in [1.54, 1.807) is 0 Å². The highest BCUT2D eigenvalue weighted by atomic mass is 19.3. The van der Waals surface area contributed by atoms with E-state index in [0.29, 0.717) is 0 Å². The lowest BCUT2D eigenvalue weighted by Crippen LogP contribution is -2.30. The van der Waals surface area contributed by atoms with Gasteiger partial charge in [-0.05, 0) is 11.6 Å². The van der Waals surface area contributed by atoms with E-state index < -0.39 is 30.5 Å². The summed E-state index contributed by atoms with van der Waals surface area (Å²) in [5.41, 5.74) is 4.42. The second-order valence-corrected chi connectivity index (χ2v) is 2.95. The number of alkyl halides is 2. The first kappa shape index (κ1) is 11.0. The molecule has 14 heavy (non-hydrogen) atoms.